The van der Waals surface area contributed by atoms with Crippen LogP contribution in [0.1, 0.15) is 19.3 Å². The van der Waals surface area contributed by atoms with Gasteiger partial charge in [-0.1, -0.05) is 34.8 Å². The van der Waals surface area contributed by atoms with E-state index in [0.717, 1.165) is 18.7 Å². The predicted molar refractivity (Wildman–Crippen MR) is 91.1 cm³/mol. The molecule has 0 aliphatic carbocycles. The average Bonchev–Trinajstić information content (AvgIpc) is 2.97. The lowest BCUT2D eigenvalue weighted by Crippen LogP contribution is -2.26. The van der Waals surface area contributed by atoms with E-state index in [2.05, 4.69) is 10.2 Å². The number of nitrogens with one attached hydrogen (secondary N) is 1. The number of hydrogen-bond donors (Lipinski definition) is 1. The summed E-state index contributed by atoms with van der Waals surface area (Å²) in [6.07, 6.45) is 3.62. The van der Waals surface area contributed by atoms with Crippen molar-refractivity contribution >= 4 is 46.4 Å². The number of benzene rings is 1. The van der Waals surface area contributed by atoms with Crippen molar-refractivity contribution in [1.82, 2.24) is 4.90 Å². The van der Waals surface area contributed by atoms with Crippen LogP contribution in [0.2, 0.25) is 0 Å². The molecule has 1 aliphatic rings. The van der Waals surface area contributed by atoms with Crippen molar-refractivity contribution in [3.63, 3.8) is 0 Å². The molecule has 1 aliphatic heterocycles. The topological polar surface area (TPSA) is 41.6 Å². The van der Waals surface area contributed by atoms with E-state index in [9.17, 15) is 4.79 Å². The molecule has 4 nitrogen and oxygen atoms in total. The Morgan fingerprint density at radius 1 is 1.18 bits per heavy atom. The molecule has 7 heteroatoms. The van der Waals surface area contributed by atoms with Crippen molar-refractivity contribution in [1.29, 1.82) is 0 Å². The summed E-state index contributed by atoms with van der Waals surface area (Å²) in [7, 11) is 0. The molecule has 1 aromatic rings. The van der Waals surface area contributed by atoms with E-state index in [1.807, 2.05) is 0 Å². The van der Waals surface area contributed by atoms with Crippen molar-refractivity contribution in [2.75, 3.05) is 31.6 Å². The minimum absolute atomic E-state index is 0.556. The number of anilines is 1. The average molecular weight is 366 g/mol. The molecule has 1 saturated heterocycles. The highest BCUT2D eigenvalue weighted by atomic mass is 35.6. The second-order valence-corrected chi connectivity index (χ2v) is 7.51. The van der Waals surface area contributed by atoms with Crippen molar-refractivity contribution < 1.29 is 9.53 Å². The molecule has 1 aromatic carbocycles. The number of likely N-dealkylation sites (tertiary alicyclic amines) is 1. The lowest BCUT2D eigenvalue weighted by molar-refractivity contribution is -0.115. The third-order valence-electron chi connectivity index (χ3n) is 3.46. The molecule has 2 rings (SSSR count). The smallest absolute Gasteiger partial charge is 0.276 e. The zero-order valence-electron chi connectivity index (χ0n) is 12.2. The minimum atomic E-state index is -1.97. The lowest BCUT2D eigenvalue weighted by Gasteiger charge is -2.14. The van der Waals surface area contributed by atoms with Crippen LogP contribution >= 0.6 is 34.8 Å². The third-order valence-corrected chi connectivity index (χ3v) is 3.97. The van der Waals surface area contributed by atoms with E-state index in [0.29, 0.717) is 12.3 Å². The molecule has 1 amide bonds. The first-order valence-corrected chi connectivity index (χ1v) is 8.42. The van der Waals surface area contributed by atoms with Crippen molar-refractivity contribution in [3.05, 3.63) is 24.3 Å². The summed E-state index contributed by atoms with van der Waals surface area (Å²) in [5.41, 5.74) is 0.556. The third kappa shape index (κ3) is 5.84. The van der Waals surface area contributed by atoms with Crippen molar-refractivity contribution in [2.45, 2.75) is 23.1 Å². The first-order valence-electron chi connectivity index (χ1n) is 7.28. The van der Waals surface area contributed by atoms with Gasteiger partial charge in [-0.05, 0) is 56.6 Å². The first-order chi connectivity index (χ1) is 10.4. The zero-order valence-corrected chi connectivity index (χ0v) is 14.4. The number of alkyl halides is 3. The second kappa shape index (κ2) is 8.25. The molecule has 1 fully saturated rings. The van der Waals surface area contributed by atoms with E-state index in [1.54, 1.807) is 24.3 Å². The summed E-state index contributed by atoms with van der Waals surface area (Å²) in [6, 6.07) is 6.99. The first kappa shape index (κ1) is 17.7. The quantitative estimate of drug-likeness (QED) is 0.615. The normalized spacial score (nSPS) is 15.8. The van der Waals surface area contributed by atoms with Gasteiger partial charge in [0.25, 0.3) is 9.70 Å². The maximum Gasteiger partial charge on any atom is 0.276 e. The van der Waals surface area contributed by atoms with Gasteiger partial charge in [-0.3, -0.25) is 4.79 Å². The van der Waals surface area contributed by atoms with Gasteiger partial charge in [0.1, 0.15) is 5.75 Å². The number of halogens is 3. The summed E-state index contributed by atoms with van der Waals surface area (Å²) in [4.78, 5) is 14.0. The van der Waals surface area contributed by atoms with Gasteiger partial charge in [-0.2, -0.15) is 0 Å². The highest BCUT2D eigenvalue weighted by Crippen LogP contribution is 2.28. The number of hydrogen-bond acceptors (Lipinski definition) is 3. The summed E-state index contributed by atoms with van der Waals surface area (Å²) in [5.74, 6) is 0.0742. The molecular formula is C15H19Cl3N2O2. The molecule has 0 unspecified atom stereocenters. The number of carbonyl (C=O) groups excluding carboxylic acids is 1. The predicted octanol–water partition coefficient (Wildman–Crippen LogP) is 3.86. The van der Waals surface area contributed by atoms with E-state index in [1.165, 1.54) is 25.9 Å². The van der Waals surface area contributed by atoms with Gasteiger partial charge in [0.15, 0.2) is 0 Å². The van der Waals surface area contributed by atoms with Crippen LogP contribution in [0.3, 0.4) is 0 Å². The number of nitrogens with zero attached hydrogens (tertiary/aromatic N) is 1. The molecule has 22 heavy (non-hydrogen) atoms. The number of carbonyl (C=O) groups is 1. The Morgan fingerprint density at radius 2 is 1.82 bits per heavy atom. The molecular weight excluding hydrogens is 347 g/mol. The van der Waals surface area contributed by atoms with E-state index < -0.39 is 9.70 Å². The fraction of sp³-hybridized carbons (Fsp3) is 0.533. The molecule has 1 heterocycles. The molecule has 0 bridgehead atoms. The highest BCUT2D eigenvalue weighted by molar-refractivity contribution is 6.76. The fourth-order valence-corrected chi connectivity index (χ4v) is 2.46. The van der Waals surface area contributed by atoms with Crippen LogP contribution in [0, 0.1) is 0 Å². The molecule has 0 saturated carbocycles. The SMILES string of the molecule is O=C(Nc1ccc(OCCCN2CCCC2)cc1)C(Cl)(Cl)Cl. The Hall–Kier alpha value is -0.680. The summed E-state index contributed by atoms with van der Waals surface area (Å²) < 4.78 is 3.71. The van der Waals surface area contributed by atoms with Gasteiger partial charge in [-0.15, -0.1) is 0 Å². The number of amides is 1. The van der Waals surface area contributed by atoms with E-state index in [-0.39, 0.29) is 0 Å². The van der Waals surface area contributed by atoms with Gasteiger partial charge >= 0.3 is 0 Å². The maximum absolute atomic E-state index is 11.5. The number of rotatable bonds is 6. The van der Waals surface area contributed by atoms with E-state index in [4.69, 9.17) is 39.5 Å². The standard InChI is InChI=1S/C15H19Cl3N2O2/c16-15(17,18)14(21)19-12-4-6-13(7-5-12)22-11-3-10-20-8-1-2-9-20/h4-7H,1-3,8-11H2,(H,19,21). The largest absolute Gasteiger partial charge is 0.494 e. The van der Waals surface area contributed by atoms with Crippen LogP contribution in [0.5, 0.6) is 5.75 Å². The van der Waals surface area contributed by atoms with E-state index >= 15 is 0 Å². The molecule has 0 radical (unpaired) electrons. The van der Waals surface area contributed by atoms with Crippen LogP contribution in [-0.4, -0.2) is 40.8 Å². The second-order valence-electron chi connectivity index (χ2n) is 5.23. The van der Waals surface area contributed by atoms with Crippen LogP contribution in [0.4, 0.5) is 5.69 Å². The Morgan fingerprint density at radius 3 is 2.41 bits per heavy atom. The van der Waals surface area contributed by atoms with Crippen molar-refractivity contribution in [3.8, 4) is 5.75 Å². The van der Waals surface area contributed by atoms with Gasteiger partial charge in [-0.25, -0.2) is 0 Å². The summed E-state index contributed by atoms with van der Waals surface area (Å²) in [5, 5.41) is 2.52. The zero-order chi connectivity index (χ0) is 16.0. The van der Waals surface area contributed by atoms with Crippen molar-refractivity contribution in [2.24, 2.45) is 0 Å². The molecule has 0 atom stereocenters. The van der Waals surface area contributed by atoms with Gasteiger partial charge in [0, 0.05) is 12.2 Å². The van der Waals surface area contributed by atoms with Crippen LogP contribution in [0.15, 0.2) is 24.3 Å². The van der Waals surface area contributed by atoms with Gasteiger partial charge in [0.05, 0.1) is 6.61 Å². The molecule has 0 spiro atoms. The lowest BCUT2D eigenvalue weighted by atomic mass is 10.3. The monoisotopic (exact) mass is 364 g/mol. The van der Waals surface area contributed by atoms with Gasteiger partial charge < -0.3 is 15.0 Å². The fourth-order valence-electron chi connectivity index (χ4n) is 2.32. The molecule has 1 N–H and O–H groups in total. The van der Waals surface area contributed by atoms with Crippen LogP contribution < -0.4 is 10.1 Å². The summed E-state index contributed by atoms with van der Waals surface area (Å²) >= 11 is 16.5. The van der Waals surface area contributed by atoms with Crippen LogP contribution in [-0.2, 0) is 4.79 Å². The Labute approximate surface area is 145 Å². The summed E-state index contributed by atoms with van der Waals surface area (Å²) in [6.45, 7) is 4.17. The molecule has 122 valence electrons. The number of ether oxygens (including phenoxy) is 1. The van der Waals surface area contributed by atoms with Crippen LogP contribution in [0.25, 0.3) is 0 Å². The highest BCUT2D eigenvalue weighted by Gasteiger charge is 2.30. The van der Waals surface area contributed by atoms with Gasteiger partial charge in [0.2, 0.25) is 0 Å². The Kier molecular flexibility index (Phi) is 6.63. The minimum Gasteiger partial charge on any atom is -0.494 e. The Balaban J connectivity index is 1.71. The Bertz CT molecular complexity index is 483. The molecule has 0 aromatic heterocycles. The maximum atomic E-state index is 11.5.